The standard InChI is InChI=1S/C10H23NO3S/c1-8(5-13-3)14-6-10(12)7-15-9(2)4-11/h8-10,12H,4-7,11H2,1-3H3. The van der Waals surface area contributed by atoms with Gasteiger partial charge in [0.2, 0.25) is 0 Å². The van der Waals surface area contributed by atoms with Gasteiger partial charge < -0.3 is 20.3 Å². The smallest absolute Gasteiger partial charge is 0.0864 e. The van der Waals surface area contributed by atoms with Crippen LogP contribution in [0.4, 0.5) is 0 Å². The summed E-state index contributed by atoms with van der Waals surface area (Å²) in [5, 5.41) is 9.97. The molecule has 0 aromatic heterocycles. The highest BCUT2D eigenvalue weighted by atomic mass is 32.2. The highest BCUT2D eigenvalue weighted by Crippen LogP contribution is 2.10. The number of nitrogens with two attached hydrogens (primary N) is 1. The minimum Gasteiger partial charge on any atom is -0.390 e. The summed E-state index contributed by atoms with van der Waals surface area (Å²) in [7, 11) is 1.63. The summed E-state index contributed by atoms with van der Waals surface area (Å²) in [4.78, 5) is 0. The molecule has 0 aliphatic heterocycles. The second-order valence-electron chi connectivity index (χ2n) is 3.63. The van der Waals surface area contributed by atoms with E-state index >= 15 is 0 Å². The molecule has 15 heavy (non-hydrogen) atoms. The fourth-order valence-corrected chi connectivity index (χ4v) is 1.73. The SMILES string of the molecule is COCC(C)OCC(O)CSC(C)CN. The summed E-state index contributed by atoms with van der Waals surface area (Å²) in [6.45, 7) is 5.52. The maximum atomic E-state index is 9.58. The van der Waals surface area contributed by atoms with Crippen molar-refractivity contribution in [1.82, 2.24) is 0 Å². The Hall–Kier alpha value is 0.190. The molecule has 3 atom stereocenters. The number of aliphatic hydroxyl groups excluding tert-OH is 1. The summed E-state index contributed by atoms with van der Waals surface area (Å²) >= 11 is 1.66. The molecular weight excluding hydrogens is 214 g/mol. The monoisotopic (exact) mass is 237 g/mol. The number of aliphatic hydroxyl groups is 1. The van der Waals surface area contributed by atoms with E-state index in [0.29, 0.717) is 30.8 Å². The molecule has 0 aliphatic rings. The lowest BCUT2D eigenvalue weighted by molar-refractivity contribution is -0.0257. The van der Waals surface area contributed by atoms with Crippen LogP contribution in [0.15, 0.2) is 0 Å². The Bertz CT molecular complexity index is 149. The Morgan fingerprint density at radius 2 is 2.00 bits per heavy atom. The molecule has 0 bridgehead atoms. The largest absolute Gasteiger partial charge is 0.390 e. The average molecular weight is 237 g/mol. The molecule has 0 aliphatic carbocycles. The van der Waals surface area contributed by atoms with Gasteiger partial charge in [0.15, 0.2) is 0 Å². The van der Waals surface area contributed by atoms with Gasteiger partial charge in [-0.1, -0.05) is 6.92 Å². The zero-order chi connectivity index (χ0) is 11.7. The number of rotatable bonds is 9. The van der Waals surface area contributed by atoms with Crippen LogP contribution >= 0.6 is 11.8 Å². The van der Waals surface area contributed by atoms with Crippen LogP contribution in [-0.2, 0) is 9.47 Å². The fraction of sp³-hybridized carbons (Fsp3) is 1.00. The molecule has 0 rings (SSSR count). The molecule has 3 N–H and O–H groups in total. The van der Waals surface area contributed by atoms with Crippen molar-refractivity contribution >= 4 is 11.8 Å². The lowest BCUT2D eigenvalue weighted by Gasteiger charge is -2.16. The van der Waals surface area contributed by atoms with Gasteiger partial charge in [0.05, 0.1) is 25.4 Å². The molecule has 4 nitrogen and oxygen atoms in total. The highest BCUT2D eigenvalue weighted by Gasteiger charge is 2.09. The van der Waals surface area contributed by atoms with Crippen molar-refractivity contribution in [2.75, 3.05) is 32.6 Å². The zero-order valence-electron chi connectivity index (χ0n) is 9.81. The third kappa shape index (κ3) is 9.14. The van der Waals surface area contributed by atoms with Crippen molar-refractivity contribution in [3.63, 3.8) is 0 Å². The van der Waals surface area contributed by atoms with E-state index in [-0.39, 0.29) is 6.10 Å². The first-order valence-corrected chi connectivity index (χ1v) is 6.25. The van der Waals surface area contributed by atoms with E-state index in [1.807, 2.05) is 13.8 Å². The van der Waals surface area contributed by atoms with E-state index in [0.717, 1.165) is 0 Å². The minimum absolute atomic E-state index is 0.0292. The van der Waals surface area contributed by atoms with Crippen LogP contribution in [0, 0.1) is 0 Å². The lowest BCUT2D eigenvalue weighted by Crippen LogP contribution is -2.25. The van der Waals surface area contributed by atoms with Gasteiger partial charge in [-0.3, -0.25) is 0 Å². The van der Waals surface area contributed by atoms with Crippen LogP contribution in [-0.4, -0.2) is 55.2 Å². The Morgan fingerprint density at radius 1 is 1.33 bits per heavy atom. The van der Waals surface area contributed by atoms with E-state index in [1.54, 1.807) is 18.9 Å². The van der Waals surface area contributed by atoms with E-state index in [2.05, 4.69) is 0 Å². The van der Waals surface area contributed by atoms with Crippen LogP contribution in [0.3, 0.4) is 0 Å². The van der Waals surface area contributed by atoms with Crippen LogP contribution in [0.2, 0.25) is 0 Å². The molecule has 0 aromatic carbocycles. The van der Waals surface area contributed by atoms with Crippen molar-refractivity contribution in [3.8, 4) is 0 Å². The zero-order valence-corrected chi connectivity index (χ0v) is 10.6. The normalized spacial score (nSPS) is 17.4. The molecule has 0 spiro atoms. The second kappa shape index (κ2) is 9.42. The first-order valence-electron chi connectivity index (χ1n) is 5.20. The average Bonchev–Trinajstić information content (AvgIpc) is 2.23. The van der Waals surface area contributed by atoms with E-state index < -0.39 is 6.10 Å². The topological polar surface area (TPSA) is 64.7 Å². The van der Waals surface area contributed by atoms with Crippen molar-refractivity contribution in [3.05, 3.63) is 0 Å². The van der Waals surface area contributed by atoms with Gasteiger partial charge in [0, 0.05) is 24.7 Å². The van der Waals surface area contributed by atoms with Crippen LogP contribution in [0.5, 0.6) is 0 Å². The first-order chi connectivity index (χ1) is 7.10. The Labute approximate surface area is 96.5 Å². The predicted molar refractivity (Wildman–Crippen MR) is 64.3 cm³/mol. The van der Waals surface area contributed by atoms with Crippen LogP contribution in [0.25, 0.3) is 0 Å². The predicted octanol–water partition coefficient (Wildman–Crippen LogP) is 0.479. The van der Waals surface area contributed by atoms with Gasteiger partial charge >= 0.3 is 0 Å². The number of hydrogen-bond acceptors (Lipinski definition) is 5. The van der Waals surface area contributed by atoms with E-state index in [1.165, 1.54) is 0 Å². The fourth-order valence-electron chi connectivity index (χ4n) is 0.950. The summed E-state index contributed by atoms with van der Waals surface area (Å²) in [5.41, 5.74) is 5.47. The number of hydrogen-bond donors (Lipinski definition) is 2. The van der Waals surface area contributed by atoms with Crippen LogP contribution < -0.4 is 5.73 Å². The van der Waals surface area contributed by atoms with Gasteiger partial charge in [-0.2, -0.15) is 11.8 Å². The molecule has 0 fully saturated rings. The Balaban J connectivity index is 3.44. The van der Waals surface area contributed by atoms with E-state index in [9.17, 15) is 5.11 Å². The molecule has 0 radical (unpaired) electrons. The van der Waals surface area contributed by atoms with Gasteiger partial charge in [-0.15, -0.1) is 0 Å². The lowest BCUT2D eigenvalue weighted by atomic mass is 10.4. The number of thioether (sulfide) groups is 1. The molecule has 3 unspecified atom stereocenters. The maximum absolute atomic E-state index is 9.58. The summed E-state index contributed by atoms with van der Waals surface area (Å²) in [5.74, 6) is 0.665. The summed E-state index contributed by atoms with van der Waals surface area (Å²) in [6, 6.07) is 0. The molecule has 0 amide bonds. The molecule has 92 valence electrons. The Kier molecular flexibility index (Phi) is 9.54. The third-order valence-corrected chi connectivity index (χ3v) is 3.22. The van der Waals surface area contributed by atoms with Crippen molar-refractivity contribution < 1.29 is 14.6 Å². The number of methoxy groups -OCH3 is 1. The molecule has 0 heterocycles. The molecule has 0 saturated heterocycles. The van der Waals surface area contributed by atoms with Crippen molar-refractivity contribution in [2.45, 2.75) is 31.3 Å². The van der Waals surface area contributed by atoms with E-state index in [4.69, 9.17) is 15.2 Å². The van der Waals surface area contributed by atoms with Crippen LogP contribution in [0.1, 0.15) is 13.8 Å². The maximum Gasteiger partial charge on any atom is 0.0864 e. The molecule has 0 aromatic rings. The van der Waals surface area contributed by atoms with Crippen molar-refractivity contribution in [1.29, 1.82) is 0 Å². The van der Waals surface area contributed by atoms with Gasteiger partial charge in [0.25, 0.3) is 0 Å². The molecule has 5 heteroatoms. The number of ether oxygens (including phenoxy) is 2. The first kappa shape index (κ1) is 15.2. The van der Waals surface area contributed by atoms with Gasteiger partial charge in [-0.25, -0.2) is 0 Å². The second-order valence-corrected chi connectivity index (χ2v) is 5.10. The third-order valence-electron chi connectivity index (χ3n) is 1.88. The molecule has 0 saturated carbocycles. The summed E-state index contributed by atoms with van der Waals surface area (Å²) < 4.78 is 10.3. The van der Waals surface area contributed by atoms with Gasteiger partial charge in [0.1, 0.15) is 0 Å². The highest BCUT2D eigenvalue weighted by molar-refractivity contribution is 7.99. The van der Waals surface area contributed by atoms with Gasteiger partial charge in [-0.05, 0) is 6.92 Å². The quantitative estimate of drug-likeness (QED) is 0.610. The Morgan fingerprint density at radius 3 is 2.53 bits per heavy atom. The minimum atomic E-state index is -0.427. The van der Waals surface area contributed by atoms with Crippen molar-refractivity contribution in [2.24, 2.45) is 5.73 Å². The summed E-state index contributed by atoms with van der Waals surface area (Å²) in [6.07, 6.45) is -0.398. The molecular formula is C10H23NO3S.